The molecular formula is C22H24BrF2N3O2. The van der Waals surface area contributed by atoms with Gasteiger partial charge in [-0.05, 0) is 42.7 Å². The topological polar surface area (TPSA) is 50.4 Å². The van der Waals surface area contributed by atoms with Crippen LogP contribution in [0.2, 0.25) is 0 Å². The standard InChI is InChI=1S/C22H24BrF2N3O2/c1-13-8-17-15(6-7-19-18(17)10-26-27-19)21(28(13)11-22(24,25)12-29-2)16-5-4-14(23)9-20(16)30-3/h4-7,9-10,13,21H,8,11-12H2,1-3H3,(H,26,27)/t13-,21?/m1/s1. The van der Waals surface area contributed by atoms with E-state index in [2.05, 4.69) is 26.1 Å². The zero-order valence-corrected chi connectivity index (χ0v) is 18.7. The zero-order chi connectivity index (χ0) is 21.5. The summed E-state index contributed by atoms with van der Waals surface area (Å²) in [7, 11) is 2.90. The lowest BCUT2D eigenvalue weighted by Gasteiger charge is -2.44. The molecule has 0 spiro atoms. The first kappa shape index (κ1) is 21.2. The summed E-state index contributed by atoms with van der Waals surface area (Å²) in [5.74, 6) is -2.32. The van der Waals surface area contributed by atoms with Gasteiger partial charge in [-0.1, -0.05) is 28.1 Å². The fourth-order valence-corrected chi connectivity index (χ4v) is 4.79. The molecule has 8 heteroatoms. The molecule has 4 rings (SSSR count). The number of nitrogens with one attached hydrogen (secondary N) is 1. The normalized spacial score (nSPS) is 19.8. The second-order valence-electron chi connectivity index (χ2n) is 7.77. The van der Waals surface area contributed by atoms with Gasteiger partial charge < -0.3 is 9.47 Å². The summed E-state index contributed by atoms with van der Waals surface area (Å²) >= 11 is 3.47. The van der Waals surface area contributed by atoms with Crippen LogP contribution < -0.4 is 4.74 Å². The van der Waals surface area contributed by atoms with Crippen LogP contribution in [0.1, 0.15) is 29.7 Å². The van der Waals surface area contributed by atoms with E-state index in [-0.39, 0.29) is 12.1 Å². The molecule has 2 heterocycles. The van der Waals surface area contributed by atoms with E-state index >= 15 is 0 Å². The van der Waals surface area contributed by atoms with Crippen molar-refractivity contribution in [3.63, 3.8) is 0 Å². The fraction of sp³-hybridized carbons (Fsp3) is 0.409. The predicted molar refractivity (Wildman–Crippen MR) is 115 cm³/mol. The predicted octanol–water partition coefficient (Wildman–Crippen LogP) is 4.95. The van der Waals surface area contributed by atoms with Crippen LogP contribution in [0.5, 0.6) is 5.75 Å². The number of benzene rings is 2. The van der Waals surface area contributed by atoms with E-state index in [9.17, 15) is 8.78 Å². The Labute approximate surface area is 182 Å². The van der Waals surface area contributed by atoms with Gasteiger partial charge in [0.2, 0.25) is 0 Å². The van der Waals surface area contributed by atoms with Gasteiger partial charge in [0.05, 0.1) is 31.4 Å². The van der Waals surface area contributed by atoms with Gasteiger partial charge in [-0.2, -0.15) is 5.10 Å². The number of aromatic nitrogens is 2. The first-order valence-electron chi connectivity index (χ1n) is 9.75. The molecule has 1 aliphatic heterocycles. The number of ether oxygens (including phenoxy) is 2. The molecule has 1 aromatic heterocycles. The number of methoxy groups -OCH3 is 2. The number of hydrogen-bond donors (Lipinski definition) is 1. The maximum Gasteiger partial charge on any atom is 0.283 e. The molecule has 1 unspecified atom stereocenters. The molecule has 160 valence electrons. The van der Waals surface area contributed by atoms with Gasteiger partial charge in [0.25, 0.3) is 5.92 Å². The first-order valence-corrected chi connectivity index (χ1v) is 10.5. The van der Waals surface area contributed by atoms with E-state index < -0.39 is 19.1 Å². The summed E-state index contributed by atoms with van der Waals surface area (Å²) in [5, 5.41) is 8.21. The zero-order valence-electron chi connectivity index (χ0n) is 17.1. The largest absolute Gasteiger partial charge is 0.496 e. The van der Waals surface area contributed by atoms with Crippen molar-refractivity contribution in [2.24, 2.45) is 0 Å². The minimum Gasteiger partial charge on any atom is -0.496 e. The molecule has 30 heavy (non-hydrogen) atoms. The van der Waals surface area contributed by atoms with Gasteiger partial charge in [0.1, 0.15) is 12.4 Å². The van der Waals surface area contributed by atoms with Crippen molar-refractivity contribution in [2.75, 3.05) is 27.4 Å². The summed E-state index contributed by atoms with van der Waals surface area (Å²) in [6, 6.07) is 9.20. The third-order valence-corrected chi connectivity index (χ3v) is 6.22. The van der Waals surface area contributed by atoms with Crippen LogP contribution in [0.3, 0.4) is 0 Å². The van der Waals surface area contributed by atoms with Gasteiger partial charge in [-0.3, -0.25) is 10.00 Å². The van der Waals surface area contributed by atoms with Crippen LogP contribution in [-0.2, 0) is 11.2 Å². The van der Waals surface area contributed by atoms with E-state index in [0.29, 0.717) is 12.2 Å². The Morgan fingerprint density at radius 2 is 2.00 bits per heavy atom. The highest BCUT2D eigenvalue weighted by molar-refractivity contribution is 9.10. The Bertz CT molecular complexity index is 1060. The summed E-state index contributed by atoms with van der Waals surface area (Å²) in [6.07, 6.45) is 2.47. The van der Waals surface area contributed by atoms with Crippen molar-refractivity contribution in [3.8, 4) is 5.75 Å². The number of hydrogen-bond acceptors (Lipinski definition) is 4. The molecule has 0 fully saturated rings. The molecule has 0 aliphatic carbocycles. The molecule has 0 bridgehead atoms. The van der Waals surface area contributed by atoms with Crippen molar-refractivity contribution in [2.45, 2.75) is 31.4 Å². The number of aromatic amines is 1. The molecule has 0 amide bonds. The van der Waals surface area contributed by atoms with Gasteiger partial charge >= 0.3 is 0 Å². The Morgan fingerprint density at radius 1 is 1.23 bits per heavy atom. The fourth-order valence-electron chi connectivity index (χ4n) is 4.45. The first-order chi connectivity index (χ1) is 14.3. The molecule has 1 aliphatic rings. The Morgan fingerprint density at radius 3 is 2.73 bits per heavy atom. The van der Waals surface area contributed by atoms with E-state index in [1.54, 1.807) is 7.11 Å². The van der Waals surface area contributed by atoms with Crippen molar-refractivity contribution in [1.29, 1.82) is 0 Å². The minimum absolute atomic E-state index is 0.112. The highest BCUT2D eigenvalue weighted by Gasteiger charge is 2.42. The Hall–Kier alpha value is -2.03. The second kappa shape index (κ2) is 8.24. The average Bonchev–Trinajstić information content (AvgIpc) is 3.18. The SMILES string of the molecule is COCC(F)(F)CN1C(c2ccc(Br)cc2OC)c2ccc3[nH]ncc3c2C[C@H]1C. The maximum absolute atomic E-state index is 14.7. The number of nitrogens with zero attached hydrogens (tertiary/aromatic N) is 2. The lowest BCUT2D eigenvalue weighted by Crippen LogP contribution is -2.49. The van der Waals surface area contributed by atoms with E-state index in [0.717, 1.165) is 32.1 Å². The number of alkyl halides is 2. The Balaban J connectivity index is 1.90. The van der Waals surface area contributed by atoms with Crippen LogP contribution in [-0.4, -0.2) is 54.4 Å². The van der Waals surface area contributed by atoms with Crippen LogP contribution in [0.15, 0.2) is 41.0 Å². The summed E-state index contributed by atoms with van der Waals surface area (Å²) in [5.41, 5.74) is 3.93. The van der Waals surface area contributed by atoms with Gasteiger partial charge in [-0.15, -0.1) is 0 Å². The van der Waals surface area contributed by atoms with E-state index in [1.807, 2.05) is 48.4 Å². The molecule has 2 aromatic carbocycles. The van der Waals surface area contributed by atoms with Crippen LogP contribution in [0, 0.1) is 0 Å². The van der Waals surface area contributed by atoms with Crippen molar-refractivity contribution >= 4 is 26.8 Å². The van der Waals surface area contributed by atoms with E-state index in [4.69, 9.17) is 9.47 Å². The summed E-state index contributed by atoms with van der Waals surface area (Å²) < 4.78 is 40.6. The number of rotatable bonds is 6. The third kappa shape index (κ3) is 3.84. The van der Waals surface area contributed by atoms with E-state index in [1.165, 1.54) is 7.11 Å². The number of H-pyrrole nitrogens is 1. The van der Waals surface area contributed by atoms with Crippen molar-refractivity contribution in [1.82, 2.24) is 15.1 Å². The molecule has 5 nitrogen and oxygen atoms in total. The van der Waals surface area contributed by atoms with Crippen LogP contribution in [0.25, 0.3) is 10.9 Å². The summed E-state index contributed by atoms with van der Waals surface area (Å²) in [4.78, 5) is 1.86. The smallest absolute Gasteiger partial charge is 0.283 e. The lowest BCUT2D eigenvalue weighted by molar-refractivity contribution is -0.0961. The lowest BCUT2D eigenvalue weighted by atomic mass is 9.83. The van der Waals surface area contributed by atoms with Gasteiger partial charge in [-0.25, -0.2) is 8.78 Å². The molecule has 0 radical (unpaired) electrons. The Kier molecular flexibility index (Phi) is 5.83. The molecule has 0 saturated heterocycles. The van der Waals surface area contributed by atoms with Crippen molar-refractivity contribution in [3.05, 3.63) is 57.7 Å². The van der Waals surface area contributed by atoms with Crippen LogP contribution in [0.4, 0.5) is 8.78 Å². The van der Waals surface area contributed by atoms with Crippen LogP contribution >= 0.6 is 15.9 Å². The molecular weight excluding hydrogens is 456 g/mol. The highest BCUT2D eigenvalue weighted by Crippen LogP contribution is 2.44. The molecule has 3 aromatic rings. The number of halogens is 3. The molecule has 1 N–H and O–H groups in total. The molecule has 0 saturated carbocycles. The van der Waals surface area contributed by atoms with Gasteiger partial charge in [0.15, 0.2) is 0 Å². The summed E-state index contributed by atoms with van der Waals surface area (Å²) in [6.45, 7) is 0.964. The average molecular weight is 480 g/mol. The molecule has 2 atom stereocenters. The second-order valence-corrected chi connectivity index (χ2v) is 8.68. The monoisotopic (exact) mass is 479 g/mol. The quantitative estimate of drug-likeness (QED) is 0.543. The minimum atomic E-state index is -2.97. The van der Waals surface area contributed by atoms with Crippen molar-refractivity contribution < 1.29 is 18.3 Å². The highest BCUT2D eigenvalue weighted by atomic mass is 79.9. The maximum atomic E-state index is 14.7. The number of fused-ring (bicyclic) bond motifs is 3. The third-order valence-electron chi connectivity index (χ3n) is 5.72. The van der Waals surface area contributed by atoms with Gasteiger partial charge in [0, 0.05) is 28.6 Å².